The molecule has 0 aromatic carbocycles. The first-order chi connectivity index (χ1) is 11.7. The summed E-state index contributed by atoms with van der Waals surface area (Å²) in [6.45, 7) is 4.69. The fourth-order valence-electron chi connectivity index (χ4n) is 2.99. The Morgan fingerprint density at radius 3 is 3.17 bits per heavy atom. The van der Waals surface area contributed by atoms with Crippen LogP contribution >= 0.6 is 11.3 Å². The van der Waals surface area contributed by atoms with Crippen LogP contribution in [0.25, 0.3) is 0 Å². The Kier molecular flexibility index (Phi) is 5.93. The molecule has 1 fully saturated rings. The molecular weight excluding hydrogens is 322 g/mol. The molecule has 3 rings (SSSR count). The molecule has 2 aromatic rings. The number of nitrogens with zero attached hydrogens (tertiary/aromatic N) is 3. The number of amides is 1. The van der Waals surface area contributed by atoms with Crippen molar-refractivity contribution in [1.29, 1.82) is 0 Å². The Morgan fingerprint density at radius 1 is 1.46 bits per heavy atom. The van der Waals surface area contributed by atoms with Crippen LogP contribution in [0.15, 0.2) is 29.9 Å². The summed E-state index contributed by atoms with van der Waals surface area (Å²) in [6, 6.07) is 6.13. The molecule has 2 aromatic heterocycles. The summed E-state index contributed by atoms with van der Waals surface area (Å²) in [6.07, 6.45) is 3.81. The fraction of sp³-hybridized carbons (Fsp3) is 0.500. The number of aromatic nitrogens is 2. The van der Waals surface area contributed by atoms with Gasteiger partial charge < -0.3 is 9.64 Å². The summed E-state index contributed by atoms with van der Waals surface area (Å²) < 4.78 is 5.71. The molecule has 0 saturated carbocycles. The van der Waals surface area contributed by atoms with Gasteiger partial charge in [0.1, 0.15) is 6.33 Å². The number of rotatable bonds is 5. The van der Waals surface area contributed by atoms with E-state index in [9.17, 15) is 4.79 Å². The Hall–Kier alpha value is -1.79. The fourth-order valence-corrected chi connectivity index (χ4v) is 3.70. The van der Waals surface area contributed by atoms with Crippen molar-refractivity contribution in [1.82, 2.24) is 14.9 Å². The van der Waals surface area contributed by atoms with Gasteiger partial charge in [-0.2, -0.15) is 0 Å². The monoisotopic (exact) mass is 345 g/mol. The molecule has 0 bridgehead atoms. The van der Waals surface area contributed by atoms with Crippen LogP contribution in [0.1, 0.15) is 22.7 Å². The van der Waals surface area contributed by atoms with Crippen molar-refractivity contribution in [3.05, 3.63) is 46.2 Å². The normalized spacial score (nSPS) is 18.4. The van der Waals surface area contributed by atoms with Gasteiger partial charge in [-0.15, -0.1) is 11.3 Å². The smallest absolute Gasteiger partial charge is 0.223 e. The van der Waals surface area contributed by atoms with E-state index >= 15 is 0 Å². The van der Waals surface area contributed by atoms with E-state index in [4.69, 9.17) is 4.74 Å². The van der Waals surface area contributed by atoms with E-state index in [1.165, 1.54) is 4.88 Å². The van der Waals surface area contributed by atoms with Gasteiger partial charge >= 0.3 is 0 Å². The highest BCUT2D eigenvalue weighted by molar-refractivity contribution is 7.09. The summed E-state index contributed by atoms with van der Waals surface area (Å²) in [5.41, 5.74) is 1.99. The SMILES string of the molecule is Cc1cc(C[C@H]2COCCN(C(=O)CCc3cccs3)C2)ncn1. The molecule has 1 aliphatic heterocycles. The predicted octanol–water partition coefficient (Wildman–Crippen LogP) is 2.50. The summed E-state index contributed by atoms with van der Waals surface area (Å²) in [4.78, 5) is 24.2. The van der Waals surface area contributed by atoms with Crippen molar-refractivity contribution < 1.29 is 9.53 Å². The number of ether oxygens (including phenoxy) is 1. The van der Waals surface area contributed by atoms with Crippen LogP contribution in [0.2, 0.25) is 0 Å². The molecule has 24 heavy (non-hydrogen) atoms. The summed E-state index contributed by atoms with van der Waals surface area (Å²) in [5.74, 6) is 0.505. The van der Waals surface area contributed by atoms with E-state index in [-0.39, 0.29) is 11.8 Å². The molecule has 1 aliphatic rings. The lowest BCUT2D eigenvalue weighted by molar-refractivity contribution is -0.131. The minimum absolute atomic E-state index is 0.220. The third kappa shape index (κ3) is 4.85. The zero-order chi connectivity index (χ0) is 16.8. The van der Waals surface area contributed by atoms with Gasteiger partial charge in [-0.05, 0) is 37.3 Å². The van der Waals surface area contributed by atoms with Gasteiger partial charge in [0.2, 0.25) is 5.91 Å². The molecule has 0 unspecified atom stereocenters. The standard InChI is InChI=1S/C18H23N3O2S/c1-14-9-16(20-13-19-14)10-15-11-21(6-7-23-12-15)18(22)5-4-17-3-2-8-24-17/h2-3,8-9,13,15H,4-7,10-12H2,1H3/t15-/m1/s1. The van der Waals surface area contributed by atoms with Gasteiger partial charge in [0, 0.05) is 41.7 Å². The van der Waals surface area contributed by atoms with Crippen molar-refractivity contribution in [3.63, 3.8) is 0 Å². The van der Waals surface area contributed by atoms with E-state index in [1.807, 2.05) is 24.0 Å². The Bertz CT molecular complexity index is 660. The van der Waals surface area contributed by atoms with Gasteiger partial charge in [0.15, 0.2) is 0 Å². The lowest BCUT2D eigenvalue weighted by Gasteiger charge is -2.23. The predicted molar refractivity (Wildman–Crippen MR) is 94.0 cm³/mol. The molecule has 0 radical (unpaired) electrons. The van der Waals surface area contributed by atoms with Crippen molar-refractivity contribution in [3.8, 4) is 0 Å². The Morgan fingerprint density at radius 2 is 2.38 bits per heavy atom. The molecule has 0 spiro atoms. The van der Waals surface area contributed by atoms with Crippen molar-refractivity contribution in [2.24, 2.45) is 5.92 Å². The highest BCUT2D eigenvalue weighted by atomic mass is 32.1. The Labute approximate surface area is 146 Å². The molecular formula is C18H23N3O2S. The zero-order valence-corrected chi connectivity index (χ0v) is 14.8. The number of hydrogen-bond acceptors (Lipinski definition) is 5. The first kappa shape index (κ1) is 17.0. The number of carbonyl (C=O) groups excluding carboxylic acids is 1. The first-order valence-electron chi connectivity index (χ1n) is 8.36. The quantitative estimate of drug-likeness (QED) is 0.835. The van der Waals surface area contributed by atoms with Gasteiger partial charge in [-0.3, -0.25) is 4.79 Å². The third-order valence-electron chi connectivity index (χ3n) is 4.21. The molecule has 1 saturated heterocycles. The highest BCUT2D eigenvalue weighted by Gasteiger charge is 2.23. The summed E-state index contributed by atoms with van der Waals surface area (Å²) in [5, 5.41) is 2.05. The molecule has 1 atom stereocenters. The number of aryl methyl sites for hydroxylation is 2. The minimum atomic E-state index is 0.220. The molecule has 6 heteroatoms. The summed E-state index contributed by atoms with van der Waals surface area (Å²) >= 11 is 1.71. The Balaban J connectivity index is 1.56. The average molecular weight is 345 g/mol. The molecule has 5 nitrogen and oxygen atoms in total. The van der Waals surface area contributed by atoms with Crippen LogP contribution < -0.4 is 0 Å². The second kappa shape index (κ2) is 8.35. The van der Waals surface area contributed by atoms with Crippen LogP contribution in [0.5, 0.6) is 0 Å². The van der Waals surface area contributed by atoms with Crippen molar-refractivity contribution in [2.45, 2.75) is 26.2 Å². The van der Waals surface area contributed by atoms with Crippen LogP contribution in [0.4, 0.5) is 0 Å². The minimum Gasteiger partial charge on any atom is -0.379 e. The summed E-state index contributed by atoms with van der Waals surface area (Å²) in [7, 11) is 0. The van der Waals surface area contributed by atoms with Crippen LogP contribution in [-0.2, 0) is 22.4 Å². The maximum atomic E-state index is 12.5. The molecule has 128 valence electrons. The third-order valence-corrected chi connectivity index (χ3v) is 5.15. The average Bonchev–Trinajstić information content (AvgIpc) is 2.98. The maximum Gasteiger partial charge on any atom is 0.223 e. The number of hydrogen-bond donors (Lipinski definition) is 0. The van der Waals surface area contributed by atoms with E-state index < -0.39 is 0 Å². The lowest BCUT2D eigenvalue weighted by Crippen LogP contribution is -2.36. The van der Waals surface area contributed by atoms with Crippen molar-refractivity contribution >= 4 is 17.2 Å². The number of thiophene rings is 1. The second-order valence-corrected chi connectivity index (χ2v) is 7.25. The molecule has 1 amide bonds. The highest BCUT2D eigenvalue weighted by Crippen LogP contribution is 2.16. The largest absolute Gasteiger partial charge is 0.379 e. The van der Waals surface area contributed by atoms with E-state index in [2.05, 4.69) is 21.4 Å². The lowest BCUT2D eigenvalue weighted by atomic mass is 10.0. The molecule has 0 N–H and O–H groups in total. The van der Waals surface area contributed by atoms with Gasteiger partial charge in [-0.1, -0.05) is 6.07 Å². The van der Waals surface area contributed by atoms with E-state index in [0.29, 0.717) is 26.2 Å². The van der Waals surface area contributed by atoms with E-state index in [0.717, 1.165) is 30.8 Å². The second-order valence-electron chi connectivity index (χ2n) is 6.21. The zero-order valence-electron chi connectivity index (χ0n) is 14.0. The van der Waals surface area contributed by atoms with Crippen molar-refractivity contribution in [2.75, 3.05) is 26.3 Å². The first-order valence-corrected chi connectivity index (χ1v) is 9.24. The molecule has 0 aliphatic carbocycles. The van der Waals surface area contributed by atoms with E-state index in [1.54, 1.807) is 17.7 Å². The van der Waals surface area contributed by atoms with Crippen LogP contribution in [-0.4, -0.2) is 47.1 Å². The van der Waals surface area contributed by atoms with Gasteiger partial charge in [0.05, 0.1) is 13.2 Å². The van der Waals surface area contributed by atoms with Crippen LogP contribution in [0.3, 0.4) is 0 Å². The molecule has 3 heterocycles. The van der Waals surface area contributed by atoms with Gasteiger partial charge in [-0.25, -0.2) is 9.97 Å². The number of carbonyl (C=O) groups is 1. The van der Waals surface area contributed by atoms with Gasteiger partial charge in [0.25, 0.3) is 0 Å². The maximum absolute atomic E-state index is 12.5. The van der Waals surface area contributed by atoms with Crippen LogP contribution in [0, 0.1) is 12.8 Å². The topological polar surface area (TPSA) is 55.3 Å².